The number of nitrogens with one attached hydrogen (secondary N) is 2. The van der Waals surface area contributed by atoms with Gasteiger partial charge in [0, 0.05) is 10.6 Å². The zero-order chi connectivity index (χ0) is 24.9. The highest BCUT2D eigenvalue weighted by Crippen LogP contribution is 2.25. The normalized spacial score (nSPS) is 12.1. The summed E-state index contributed by atoms with van der Waals surface area (Å²) in [5, 5.41) is 2.92. The van der Waals surface area contributed by atoms with E-state index in [-0.39, 0.29) is 23.5 Å². The van der Waals surface area contributed by atoms with Crippen molar-refractivity contribution < 1.29 is 17.9 Å². The van der Waals surface area contributed by atoms with E-state index in [1.54, 1.807) is 36.9 Å². The molecule has 0 saturated carbocycles. The molecule has 0 saturated heterocycles. The lowest BCUT2D eigenvalue weighted by Gasteiger charge is -2.16. The molecule has 0 heterocycles. The number of benzene rings is 3. The minimum Gasteiger partial charge on any atom is -0.484 e. The van der Waals surface area contributed by atoms with Gasteiger partial charge in [0.25, 0.3) is 15.9 Å². The van der Waals surface area contributed by atoms with E-state index in [0.717, 1.165) is 21.6 Å². The predicted molar refractivity (Wildman–Crippen MR) is 138 cm³/mol. The SMILES string of the molecule is CSc1ccc([C@H](C)NC(=O)COc2ccc(S(=O)(=O)Nc3ccc(C)c(C)c3)cc2C)cc1. The van der Waals surface area contributed by atoms with Crippen LogP contribution in [0.25, 0.3) is 0 Å². The zero-order valence-corrected chi connectivity index (χ0v) is 21.6. The van der Waals surface area contributed by atoms with Crippen molar-refractivity contribution in [3.63, 3.8) is 0 Å². The van der Waals surface area contributed by atoms with Gasteiger partial charge in [-0.25, -0.2) is 8.42 Å². The Morgan fingerprint density at radius 3 is 2.26 bits per heavy atom. The number of sulfonamides is 1. The molecule has 2 N–H and O–H groups in total. The summed E-state index contributed by atoms with van der Waals surface area (Å²) >= 11 is 1.66. The van der Waals surface area contributed by atoms with Crippen molar-refractivity contribution in [1.82, 2.24) is 5.32 Å². The van der Waals surface area contributed by atoms with E-state index in [1.165, 1.54) is 12.1 Å². The van der Waals surface area contributed by atoms with Gasteiger partial charge in [-0.3, -0.25) is 9.52 Å². The molecule has 3 aromatic carbocycles. The maximum absolute atomic E-state index is 12.8. The quantitative estimate of drug-likeness (QED) is 0.387. The topological polar surface area (TPSA) is 84.5 Å². The van der Waals surface area contributed by atoms with Crippen LogP contribution in [0, 0.1) is 20.8 Å². The largest absolute Gasteiger partial charge is 0.484 e. The van der Waals surface area contributed by atoms with Crippen LogP contribution in [0.3, 0.4) is 0 Å². The van der Waals surface area contributed by atoms with Crippen molar-refractivity contribution in [2.24, 2.45) is 0 Å². The third-order valence-electron chi connectivity index (χ3n) is 5.57. The third kappa shape index (κ3) is 6.55. The summed E-state index contributed by atoms with van der Waals surface area (Å²) in [5.41, 5.74) is 4.23. The van der Waals surface area contributed by atoms with Crippen molar-refractivity contribution in [1.29, 1.82) is 0 Å². The second kappa shape index (κ2) is 11.0. The van der Waals surface area contributed by atoms with E-state index < -0.39 is 10.0 Å². The monoisotopic (exact) mass is 498 g/mol. The molecule has 0 radical (unpaired) electrons. The molecule has 0 aliphatic rings. The molecule has 0 spiro atoms. The molecule has 0 aliphatic carbocycles. The average Bonchev–Trinajstić information content (AvgIpc) is 2.80. The number of aryl methyl sites for hydroxylation is 3. The van der Waals surface area contributed by atoms with Crippen LogP contribution in [0.5, 0.6) is 5.75 Å². The second-order valence-corrected chi connectivity index (χ2v) is 10.7. The number of rotatable bonds is 9. The van der Waals surface area contributed by atoms with Crippen LogP contribution in [-0.4, -0.2) is 27.2 Å². The van der Waals surface area contributed by atoms with E-state index in [0.29, 0.717) is 17.0 Å². The lowest BCUT2D eigenvalue weighted by Crippen LogP contribution is -2.31. The van der Waals surface area contributed by atoms with E-state index in [4.69, 9.17) is 4.74 Å². The maximum Gasteiger partial charge on any atom is 0.261 e. The number of hydrogen-bond donors (Lipinski definition) is 2. The number of carbonyl (C=O) groups is 1. The fourth-order valence-corrected chi connectivity index (χ4v) is 4.91. The summed E-state index contributed by atoms with van der Waals surface area (Å²) in [6.07, 6.45) is 2.02. The Morgan fingerprint density at radius 1 is 0.941 bits per heavy atom. The Morgan fingerprint density at radius 2 is 1.65 bits per heavy atom. The molecule has 34 heavy (non-hydrogen) atoms. The molecule has 8 heteroatoms. The highest BCUT2D eigenvalue weighted by Gasteiger charge is 2.17. The summed E-state index contributed by atoms with van der Waals surface area (Å²) in [6, 6.07) is 17.9. The van der Waals surface area contributed by atoms with Crippen LogP contribution in [0.1, 0.15) is 35.2 Å². The minimum absolute atomic E-state index is 0.127. The molecule has 6 nitrogen and oxygen atoms in total. The standard InChI is InChI=1S/C26H30N2O4S2/c1-17-6-9-22(14-18(17)2)28-34(30,31)24-12-13-25(19(3)15-24)32-16-26(29)27-20(4)21-7-10-23(33-5)11-8-21/h6-15,20,28H,16H2,1-5H3,(H,27,29)/t20-/m0/s1. The Kier molecular flexibility index (Phi) is 8.28. The van der Waals surface area contributed by atoms with Crippen molar-refractivity contribution in [3.05, 3.63) is 82.9 Å². The van der Waals surface area contributed by atoms with Gasteiger partial charge in [0.05, 0.1) is 10.9 Å². The first kappa shape index (κ1) is 25.6. The molecule has 180 valence electrons. The molecule has 0 bridgehead atoms. The van der Waals surface area contributed by atoms with Gasteiger partial charge in [0.15, 0.2) is 6.61 Å². The molecule has 3 aromatic rings. The Bertz CT molecular complexity index is 1270. The Hall–Kier alpha value is -2.97. The molecule has 1 atom stereocenters. The van der Waals surface area contributed by atoms with Crippen molar-refractivity contribution in [2.75, 3.05) is 17.6 Å². The van der Waals surface area contributed by atoms with Gasteiger partial charge in [-0.1, -0.05) is 18.2 Å². The van der Waals surface area contributed by atoms with Gasteiger partial charge in [0.2, 0.25) is 0 Å². The number of carbonyl (C=O) groups excluding carboxylic acids is 1. The van der Waals surface area contributed by atoms with Crippen molar-refractivity contribution in [3.8, 4) is 5.75 Å². The van der Waals surface area contributed by atoms with E-state index in [2.05, 4.69) is 10.0 Å². The first-order chi connectivity index (χ1) is 16.1. The summed E-state index contributed by atoms with van der Waals surface area (Å²) < 4.78 is 33.9. The van der Waals surface area contributed by atoms with Gasteiger partial charge in [0.1, 0.15) is 5.75 Å². The summed E-state index contributed by atoms with van der Waals surface area (Å²) in [4.78, 5) is 13.7. The first-order valence-electron chi connectivity index (χ1n) is 10.9. The van der Waals surface area contributed by atoms with Gasteiger partial charge in [-0.2, -0.15) is 0 Å². The number of ether oxygens (including phenoxy) is 1. The molecule has 0 aliphatic heterocycles. The zero-order valence-electron chi connectivity index (χ0n) is 20.0. The summed E-state index contributed by atoms with van der Waals surface area (Å²) in [6.45, 7) is 7.40. The first-order valence-corrected chi connectivity index (χ1v) is 13.6. The molecule has 0 fully saturated rings. The third-order valence-corrected chi connectivity index (χ3v) is 7.69. The molecule has 3 rings (SSSR count). The minimum atomic E-state index is -3.75. The summed E-state index contributed by atoms with van der Waals surface area (Å²) in [7, 11) is -3.75. The van der Waals surface area contributed by atoms with Gasteiger partial charge in [-0.15, -0.1) is 11.8 Å². The Balaban J connectivity index is 1.60. The van der Waals surface area contributed by atoms with E-state index in [9.17, 15) is 13.2 Å². The fraction of sp³-hybridized carbons (Fsp3) is 0.269. The lowest BCUT2D eigenvalue weighted by molar-refractivity contribution is -0.123. The fourth-order valence-electron chi connectivity index (χ4n) is 3.37. The highest BCUT2D eigenvalue weighted by molar-refractivity contribution is 7.98. The van der Waals surface area contributed by atoms with E-state index >= 15 is 0 Å². The average molecular weight is 499 g/mol. The Labute approximate surface area is 206 Å². The maximum atomic E-state index is 12.8. The van der Waals surface area contributed by atoms with Crippen LogP contribution < -0.4 is 14.8 Å². The van der Waals surface area contributed by atoms with Crippen LogP contribution in [0.15, 0.2) is 70.5 Å². The highest BCUT2D eigenvalue weighted by atomic mass is 32.2. The number of anilines is 1. The van der Waals surface area contributed by atoms with Crippen LogP contribution in [0.2, 0.25) is 0 Å². The van der Waals surface area contributed by atoms with Crippen molar-refractivity contribution >= 4 is 33.4 Å². The number of amides is 1. The number of hydrogen-bond acceptors (Lipinski definition) is 5. The smallest absolute Gasteiger partial charge is 0.261 e. The van der Waals surface area contributed by atoms with Gasteiger partial charge in [-0.05, 0) is 98.7 Å². The molecular formula is C26H30N2O4S2. The molecule has 1 amide bonds. The van der Waals surface area contributed by atoms with Gasteiger partial charge >= 0.3 is 0 Å². The second-order valence-electron chi connectivity index (χ2n) is 8.18. The molecule has 0 aromatic heterocycles. The summed E-state index contributed by atoms with van der Waals surface area (Å²) in [5.74, 6) is 0.200. The lowest BCUT2D eigenvalue weighted by atomic mass is 10.1. The van der Waals surface area contributed by atoms with Gasteiger partial charge < -0.3 is 10.1 Å². The number of thioether (sulfide) groups is 1. The predicted octanol–water partition coefficient (Wildman–Crippen LogP) is 5.39. The molecular weight excluding hydrogens is 468 g/mol. The molecule has 0 unspecified atom stereocenters. The van der Waals surface area contributed by atoms with Crippen LogP contribution in [0.4, 0.5) is 5.69 Å². The van der Waals surface area contributed by atoms with E-state index in [1.807, 2.05) is 57.4 Å². The van der Waals surface area contributed by atoms with Crippen LogP contribution in [-0.2, 0) is 14.8 Å². The van der Waals surface area contributed by atoms with Crippen molar-refractivity contribution in [2.45, 2.75) is 43.5 Å². The van der Waals surface area contributed by atoms with Crippen LogP contribution >= 0.6 is 11.8 Å².